The topological polar surface area (TPSA) is 47.6 Å². The minimum atomic E-state index is -0.166. The number of carbonyl (C=O) groups is 1. The van der Waals surface area contributed by atoms with Gasteiger partial charge in [0.15, 0.2) is 0 Å². The fourth-order valence-electron chi connectivity index (χ4n) is 2.67. The Hall–Kier alpha value is -2.01. The molecule has 2 rings (SSSR count). The average Bonchev–Trinajstić information content (AvgIpc) is 2.69. The number of amides is 1. The predicted octanol–water partition coefficient (Wildman–Crippen LogP) is 6.84. The Morgan fingerprint density at radius 3 is 2.46 bits per heavy atom. The van der Waals surface area contributed by atoms with Crippen molar-refractivity contribution in [3.8, 4) is 11.5 Å². The van der Waals surface area contributed by atoms with Gasteiger partial charge >= 0.3 is 0 Å². The SMILES string of the molecule is CCCCCCOc1ccc(C(=O)Nc2cccc(OCCCC)c2)cc1Br. The third-order valence-electron chi connectivity index (χ3n) is 4.31. The second-order valence-electron chi connectivity index (χ2n) is 6.74. The molecule has 5 heteroatoms. The monoisotopic (exact) mass is 447 g/mol. The number of hydrogen-bond donors (Lipinski definition) is 1. The number of rotatable bonds is 12. The highest BCUT2D eigenvalue weighted by Gasteiger charge is 2.10. The first-order chi connectivity index (χ1) is 13.6. The average molecular weight is 448 g/mol. The van der Waals surface area contributed by atoms with Crippen molar-refractivity contribution in [2.45, 2.75) is 52.4 Å². The molecule has 0 aromatic heterocycles. The molecule has 1 amide bonds. The Morgan fingerprint density at radius 1 is 0.929 bits per heavy atom. The Morgan fingerprint density at radius 2 is 1.71 bits per heavy atom. The zero-order valence-electron chi connectivity index (χ0n) is 16.8. The van der Waals surface area contributed by atoms with E-state index in [0.717, 1.165) is 35.2 Å². The zero-order valence-corrected chi connectivity index (χ0v) is 18.4. The third kappa shape index (κ3) is 7.55. The maximum absolute atomic E-state index is 12.6. The van der Waals surface area contributed by atoms with E-state index in [4.69, 9.17) is 9.47 Å². The second kappa shape index (κ2) is 12.4. The summed E-state index contributed by atoms with van der Waals surface area (Å²) >= 11 is 3.51. The normalized spacial score (nSPS) is 10.5. The molecule has 0 unspecified atom stereocenters. The first kappa shape index (κ1) is 22.3. The van der Waals surface area contributed by atoms with Crippen molar-refractivity contribution >= 4 is 27.5 Å². The summed E-state index contributed by atoms with van der Waals surface area (Å²) in [4.78, 5) is 12.6. The summed E-state index contributed by atoms with van der Waals surface area (Å²) in [6, 6.07) is 12.9. The molecule has 0 saturated heterocycles. The summed E-state index contributed by atoms with van der Waals surface area (Å²) < 4.78 is 12.3. The highest BCUT2D eigenvalue weighted by Crippen LogP contribution is 2.27. The van der Waals surface area contributed by atoms with Crippen LogP contribution in [0.4, 0.5) is 5.69 Å². The van der Waals surface area contributed by atoms with E-state index in [1.165, 1.54) is 19.3 Å². The fraction of sp³-hybridized carbons (Fsp3) is 0.435. The minimum Gasteiger partial charge on any atom is -0.494 e. The van der Waals surface area contributed by atoms with Crippen LogP contribution in [0.3, 0.4) is 0 Å². The van der Waals surface area contributed by atoms with Crippen molar-refractivity contribution < 1.29 is 14.3 Å². The van der Waals surface area contributed by atoms with Gasteiger partial charge in [0.05, 0.1) is 17.7 Å². The van der Waals surface area contributed by atoms with Crippen LogP contribution in [0.15, 0.2) is 46.9 Å². The number of carbonyl (C=O) groups excluding carboxylic acids is 1. The number of anilines is 1. The first-order valence-corrected chi connectivity index (χ1v) is 10.9. The lowest BCUT2D eigenvalue weighted by molar-refractivity contribution is 0.102. The van der Waals surface area contributed by atoms with Crippen molar-refractivity contribution in [1.82, 2.24) is 0 Å². The van der Waals surface area contributed by atoms with Gasteiger partial charge in [-0.15, -0.1) is 0 Å². The first-order valence-electron chi connectivity index (χ1n) is 10.1. The van der Waals surface area contributed by atoms with E-state index < -0.39 is 0 Å². The molecule has 0 aliphatic rings. The van der Waals surface area contributed by atoms with E-state index in [2.05, 4.69) is 35.1 Å². The van der Waals surface area contributed by atoms with Gasteiger partial charge in [0.2, 0.25) is 0 Å². The predicted molar refractivity (Wildman–Crippen MR) is 119 cm³/mol. The van der Waals surface area contributed by atoms with Crippen LogP contribution in [0.25, 0.3) is 0 Å². The van der Waals surface area contributed by atoms with Crippen LogP contribution in [-0.4, -0.2) is 19.1 Å². The molecule has 4 nitrogen and oxygen atoms in total. The zero-order chi connectivity index (χ0) is 20.2. The van der Waals surface area contributed by atoms with E-state index in [1.54, 1.807) is 12.1 Å². The van der Waals surface area contributed by atoms with Gasteiger partial charge in [-0.3, -0.25) is 4.79 Å². The van der Waals surface area contributed by atoms with Gasteiger partial charge in [0, 0.05) is 17.3 Å². The number of hydrogen-bond acceptors (Lipinski definition) is 3. The molecule has 0 bridgehead atoms. The summed E-state index contributed by atoms with van der Waals surface area (Å²) in [6.45, 7) is 5.69. The maximum atomic E-state index is 12.6. The smallest absolute Gasteiger partial charge is 0.255 e. The summed E-state index contributed by atoms with van der Waals surface area (Å²) in [5, 5.41) is 2.92. The Kier molecular flexibility index (Phi) is 9.91. The van der Waals surface area contributed by atoms with Crippen LogP contribution in [0.5, 0.6) is 11.5 Å². The van der Waals surface area contributed by atoms with Gasteiger partial charge in [-0.25, -0.2) is 0 Å². The highest BCUT2D eigenvalue weighted by atomic mass is 79.9. The lowest BCUT2D eigenvalue weighted by Gasteiger charge is -2.11. The minimum absolute atomic E-state index is 0.166. The van der Waals surface area contributed by atoms with Gasteiger partial charge in [0.1, 0.15) is 11.5 Å². The molecular formula is C23H30BrNO3. The largest absolute Gasteiger partial charge is 0.494 e. The molecular weight excluding hydrogens is 418 g/mol. The lowest BCUT2D eigenvalue weighted by atomic mass is 10.2. The van der Waals surface area contributed by atoms with Crippen molar-refractivity contribution in [2.75, 3.05) is 18.5 Å². The van der Waals surface area contributed by atoms with Crippen LogP contribution < -0.4 is 14.8 Å². The number of unbranched alkanes of at least 4 members (excludes halogenated alkanes) is 4. The van der Waals surface area contributed by atoms with Crippen LogP contribution in [0.2, 0.25) is 0 Å². The lowest BCUT2D eigenvalue weighted by Crippen LogP contribution is -2.12. The van der Waals surface area contributed by atoms with Crippen LogP contribution in [-0.2, 0) is 0 Å². The summed E-state index contributed by atoms with van der Waals surface area (Å²) in [5.74, 6) is 1.36. The highest BCUT2D eigenvalue weighted by molar-refractivity contribution is 9.10. The molecule has 2 aromatic rings. The van der Waals surface area contributed by atoms with E-state index >= 15 is 0 Å². The van der Waals surface area contributed by atoms with Gasteiger partial charge < -0.3 is 14.8 Å². The van der Waals surface area contributed by atoms with Crippen LogP contribution >= 0.6 is 15.9 Å². The molecule has 0 saturated carbocycles. The van der Waals surface area contributed by atoms with Crippen molar-refractivity contribution in [3.05, 3.63) is 52.5 Å². The fourth-order valence-corrected chi connectivity index (χ4v) is 3.16. The maximum Gasteiger partial charge on any atom is 0.255 e. The van der Waals surface area contributed by atoms with Crippen LogP contribution in [0.1, 0.15) is 62.7 Å². The molecule has 0 aliphatic heterocycles. The Balaban J connectivity index is 1.91. The van der Waals surface area contributed by atoms with E-state index in [9.17, 15) is 4.79 Å². The molecule has 152 valence electrons. The summed E-state index contributed by atoms with van der Waals surface area (Å²) in [7, 11) is 0. The number of nitrogens with one attached hydrogen (secondary N) is 1. The van der Waals surface area contributed by atoms with Crippen LogP contribution in [0, 0.1) is 0 Å². The molecule has 28 heavy (non-hydrogen) atoms. The summed E-state index contributed by atoms with van der Waals surface area (Å²) in [5.41, 5.74) is 1.29. The van der Waals surface area contributed by atoms with E-state index in [1.807, 2.05) is 30.3 Å². The van der Waals surface area contributed by atoms with Gasteiger partial charge in [-0.05, 0) is 59.1 Å². The third-order valence-corrected chi connectivity index (χ3v) is 4.93. The Bertz CT molecular complexity index is 748. The van der Waals surface area contributed by atoms with Gasteiger partial charge in [-0.1, -0.05) is 45.6 Å². The molecule has 0 radical (unpaired) electrons. The molecule has 2 aromatic carbocycles. The second-order valence-corrected chi connectivity index (χ2v) is 7.59. The molecule has 0 atom stereocenters. The van der Waals surface area contributed by atoms with Crippen molar-refractivity contribution in [3.63, 3.8) is 0 Å². The van der Waals surface area contributed by atoms with E-state index in [-0.39, 0.29) is 5.91 Å². The number of benzene rings is 2. The molecule has 0 fully saturated rings. The van der Waals surface area contributed by atoms with Gasteiger partial charge in [0.25, 0.3) is 5.91 Å². The number of halogens is 1. The van der Waals surface area contributed by atoms with E-state index in [0.29, 0.717) is 24.5 Å². The summed E-state index contributed by atoms with van der Waals surface area (Å²) in [6.07, 6.45) is 6.76. The Labute approximate surface area is 176 Å². The molecule has 0 aliphatic carbocycles. The molecule has 0 spiro atoms. The molecule has 1 N–H and O–H groups in total. The standard InChI is InChI=1S/C23H30BrNO3/c1-3-5-7-8-15-28-22-13-12-18(16-21(22)24)23(26)25-19-10-9-11-20(17-19)27-14-6-4-2/h9-13,16-17H,3-8,14-15H2,1-2H3,(H,25,26). The number of ether oxygens (including phenoxy) is 2. The van der Waals surface area contributed by atoms with Crippen molar-refractivity contribution in [1.29, 1.82) is 0 Å². The van der Waals surface area contributed by atoms with Gasteiger partial charge in [-0.2, -0.15) is 0 Å². The quantitative estimate of drug-likeness (QED) is 0.362. The van der Waals surface area contributed by atoms with Crippen molar-refractivity contribution in [2.24, 2.45) is 0 Å². The molecule has 0 heterocycles.